The Morgan fingerprint density at radius 2 is 1.68 bits per heavy atom. The van der Waals surface area contributed by atoms with Crippen LogP contribution >= 0.6 is 0 Å². The Bertz CT molecular complexity index is 562. The van der Waals surface area contributed by atoms with Gasteiger partial charge in [-0.3, -0.25) is 0 Å². The summed E-state index contributed by atoms with van der Waals surface area (Å²) in [7, 11) is 1.66. The molecule has 2 rings (SSSR count). The highest BCUT2D eigenvalue weighted by Gasteiger charge is 2.05. The van der Waals surface area contributed by atoms with Crippen LogP contribution in [0.5, 0.6) is 11.5 Å². The molecule has 0 radical (unpaired) electrons. The van der Waals surface area contributed by atoms with E-state index in [9.17, 15) is 0 Å². The lowest BCUT2D eigenvalue weighted by Gasteiger charge is -2.12. The fourth-order valence-electron chi connectivity index (χ4n) is 1.88. The minimum Gasteiger partial charge on any atom is -0.497 e. The first-order valence-corrected chi connectivity index (χ1v) is 6.23. The summed E-state index contributed by atoms with van der Waals surface area (Å²) in [6, 6.07) is 11.8. The van der Waals surface area contributed by atoms with Crippen molar-refractivity contribution in [1.29, 1.82) is 0 Å². The Balaban J connectivity index is 2.08. The average molecular weight is 257 g/mol. The Morgan fingerprint density at radius 1 is 1.00 bits per heavy atom. The van der Waals surface area contributed by atoms with Gasteiger partial charge in [-0.2, -0.15) is 0 Å². The molecule has 0 heterocycles. The van der Waals surface area contributed by atoms with Gasteiger partial charge in [0.25, 0.3) is 0 Å². The van der Waals surface area contributed by atoms with Gasteiger partial charge in [-0.15, -0.1) is 0 Å². The monoisotopic (exact) mass is 257 g/mol. The number of benzene rings is 2. The van der Waals surface area contributed by atoms with Crippen LogP contribution in [0.2, 0.25) is 0 Å². The molecular formula is C16H19NO2. The van der Waals surface area contributed by atoms with Crippen molar-refractivity contribution < 1.29 is 9.47 Å². The molecule has 0 aliphatic carbocycles. The van der Waals surface area contributed by atoms with Gasteiger partial charge in [0.05, 0.1) is 7.11 Å². The van der Waals surface area contributed by atoms with Crippen molar-refractivity contribution in [3.8, 4) is 11.5 Å². The second-order valence-electron chi connectivity index (χ2n) is 4.56. The van der Waals surface area contributed by atoms with Crippen LogP contribution in [-0.2, 0) is 6.61 Å². The number of ether oxygens (including phenoxy) is 2. The first-order valence-electron chi connectivity index (χ1n) is 6.23. The maximum atomic E-state index is 5.99. The van der Waals surface area contributed by atoms with Crippen molar-refractivity contribution in [2.75, 3.05) is 12.8 Å². The number of nitrogen functional groups attached to an aromatic ring is 1. The number of aryl methyl sites for hydroxylation is 1. The molecule has 0 fully saturated rings. The average Bonchev–Trinajstić information content (AvgIpc) is 2.45. The molecule has 0 spiro atoms. The van der Waals surface area contributed by atoms with E-state index in [2.05, 4.69) is 0 Å². The number of nitrogens with two attached hydrogens (primary N) is 1. The SMILES string of the molecule is COc1ccc(COc2ccc(C)c(N)c2C)cc1. The van der Waals surface area contributed by atoms with Crippen molar-refractivity contribution >= 4 is 5.69 Å². The molecule has 0 bridgehead atoms. The molecule has 3 heteroatoms. The van der Waals surface area contributed by atoms with Gasteiger partial charge in [0.15, 0.2) is 0 Å². The maximum Gasteiger partial charge on any atom is 0.124 e. The molecule has 2 N–H and O–H groups in total. The van der Waals surface area contributed by atoms with Gasteiger partial charge in [-0.1, -0.05) is 18.2 Å². The molecule has 3 nitrogen and oxygen atoms in total. The maximum absolute atomic E-state index is 5.99. The molecule has 0 aliphatic heterocycles. The minimum atomic E-state index is 0.521. The van der Waals surface area contributed by atoms with E-state index in [-0.39, 0.29) is 0 Å². The highest BCUT2D eigenvalue weighted by molar-refractivity contribution is 5.58. The van der Waals surface area contributed by atoms with E-state index >= 15 is 0 Å². The van der Waals surface area contributed by atoms with E-state index in [0.29, 0.717) is 6.61 Å². The zero-order valence-corrected chi connectivity index (χ0v) is 11.6. The van der Waals surface area contributed by atoms with Crippen molar-refractivity contribution in [2.24, 2.45) is 0 Å². The van der Waals surface area contributed by atoms with Crippen LogP contribution in [0.25, 0.3) is 0 Å². The molecule has 0 amide bonds. The lowest BCUT2D eigenvalue weighted by molar-refractivity contribution is 0.304. The van der Waals surface area contributed by atoms with Crippen LogP contribution in [0.3, 0.4) is 0 Å². The van der Waals surface area contributed by atoms with Gasteiger partial charge in [-0.25, -0.2) is 0 Å². The van der Waals surface area contributed by atoms with Crippen LogP contribution in [0.4, 0.5) is 5.69 Å². The second kappa shape index (κ2) is 5.65. The van der Waals surface area contributed by atoms with Gasteiger partial charge in [0, 0.05) is 11.3 Å². The van der Waals surface area contributed by atoms with E-state index in [4.69, 9.17) is 15.2 Å². The van der Waals surface area contributed by atoms with E-state index in [1.165, 1.54) is 0 Å². The van der Waals surface area contributed by atoms with Gasteiger partial charge >= 0.3 is 0 Å². The molecule has 2 aromatic carbocycles. The number of methoxy groups -OCH3 is 1. The normalized spacial score (nSPS) is 10.3. The Hall–Kier alpha value is -2.16. The predicted octanol–water partition coefficient (Wildman–Crippen LogP) is 3.47. The fourth-order valence-corrected chi connectivity index (χ4v) is 1.88. The summed E-state index contributed by atoms with van der Waals surface area (Å²) in [4.78, 5) is 0. The molecule has 0 saturated carbocycles. The number of hydrogen-bond acceptors (Lipinski definition) is 3. The Kier molecular flexibility index (Phi) is 3.95. The molecule has 0 aliphatic rings. The summed E-state index contributed by atoms with van der Waals surface area (Å²) < 4.78 is 10.9. The number of hydrogen-bond donors (Lipinski definition) is 1. The molecule has 0 atom stereocenters. The third-order valence-electron chi connectivity index (χ3n) is 3.24. The number of anilines is 1. The highest BCUT2D eigenvalue weighted by atomic mass is 16.5. The molecule has 0 saturated heterocycles. The quantitative estimate of drug-likeness (QED) is 0.853. The van der Waals surface area contributed by atoms with Crippen molar-refractivity contribution in [2.45, 2.75) is 20.5 Å². The molecular weight excluding hydrogens is 238 g/mol. The summed E-state index contributed by atoms with van der Waals surface area (Å²) in [6.07, 6.45) is 0. The van der Waals surface area contributed by atoms with Crippen molar-refractivity contribution in [3.63, 3.8) is 0 Å². The summed E-state index contributed by atoms with van der Waals surface area (Å²) in [5.74, 6) is 1.68. The van der Waals surface area contributed by atoms with Crippen LogP contribution in [-0.4, -0.2) is 7.11 Å². The molecule has 100 valence electrons. The third-order valence-corrected chi connectivity index (χ3v) is 3.24. The smallest absolute Gasteiger partial charge is 0.124 e. The summed E-state index contributed by atoms with van der Waals surface area (Å²) in [5.41, 5.74) is 9.96. The predicted molar refractivity (Wildman–Crippen MR) is 77.7 cm³/mol. The standard InChI is InChI=1S/C16H19NO2/c1-11-4-9-15(12(2)16(11)17)19-10-13-5-7-14(18-3)8-6-13/h4-9H,10,17H2,1-3H3. The van der Waals surface area contributed by atoms with Crippen LogP contribution < -0.4 is 15.2 Å². The van der Waals surface area contributed by atoms with Crippen molar-refractivity contribution in [1.82, 2.24) is 0 Å². The summed E-state index contributed by atoms with van der Waals surface area (Å²) in [6.45, 7) is 4.49. The zero-order chi connectivity index (χ0) is 13.8. The van der Waals surface area contributed by atoms with E-state index < -0.39 is 0 Å². The highest BCUT2D eigenvalue weighted by Crippen LogP contribution is 2.27. The van der Waals surface area contributed by atoms with Gasteiger partial charge < -0.3 is 15.2 Å². The lowest BCUT2D eigenvalue weighted by atomic mass is 10.1. The first-order chi connectivity index (χ1) is 9.11. The van der Waals surface area contributed by atoms with Crippen molar-refractivity contribution in [3.05, 3.63) is 53.1 Å². The lowest BCUT2D eigenvalue weighted by Crippen LogP contribution is -2.00. The van der Waals surface area contributed by atoms with E-state index in [1.54, 1.807) is 7.11 Å². The van der Waals surface area contributed by atoms with Crippen LogP contribution in [0, 0.1) is 13.8 Å². The van der Waals surface area contributed by atoms with Crippen LogP contribution in [0.15, 0.2) is 36.4 Å². The van der Waals surface area contributed by atoms with Gasteiger partial charge in [0.2, 0.25) is 0 Å². The molecule has 2 aromatic rings. The van der Waals surface area contributed by atoms with Crippen LogP contribution in [0.1, 0.15) is 16.7 Å². The van der Waals surface area contributed by atoms with E-state index in [1.807, 2.05) is 50.2 Å². The Morgan fingerprint density at radius 3 is 2.32 bits per heavy atom. The van der Waals surface area contributed by atoms with E-state index in [0.717, 1.165) is 33.9 Å². The van der Waals surface area contributed by atoms with Gasteiger partial charge in [-0.05, 0) is 43.2 Å². The summed E-state index contributed by atoms with van der Waals surface area (Å²) >= 11 is 0. The summed E-state index contributed by atoms with van der Waals surface area (Å²) in [5, 5.41) is 0. The first kappa shape index (κ1) is 13.3. The molecule has 19 heavy (non-hydrogen) atoms. The number of rotatable bonds is 4. The third kappa shape index (κ3) is 2.99. The molecule has 0 unspecified atom stereocenters. The fraction of sp³-hybridized carbons (Fsp3) is 0.250. The van der Waals surface area contributed by atoms with Gasteiger partial charge in [0.1, 0.15) is 18.1 Å². The zero-order valence-electron chi connectivity index (χ0n) is 11.6. The minimum absolute atomic E-state index is 0.521. The molecule has 0 aromatic heterocycles. The largest absolute Gasteiger partial charge is 0.497 e. The topological polar surface area (TPSA) is 44.5 Å². The second-order valence-corrected chi connectivity index (χ2v) is 4.56. The Labute approximate surface area is 114 Å².